The number of anilines is 2. The van der Waals surface area contributed by atoms with Gasteiger partial charge in [0, 0.05) is 31.4 Å². The van der Waals surface area contributed by atoms with Crippen LogP contribution < -0.4 is 10.6 Å². The van der Waals surface area contributed by atoms with Crippen LogP contribution in [0.4, 0.5) is 11.4 Å². The van der Waals surface area contributed by atoms with Crippen molar-refractivity contribution in [3.8, 4) is 0 Å². The first-order chi connectivity index (χ1) is 9.63. The Morgan fingerprint density at radius 2 is 1.65 bits per heavy atom. The van der Waals surface area contributed by atoms with Gasteiger partial charge in [0.1, 0.15) is 0 Å². The van der Waals surface area contributed by atoms with Gasteiger partial charge < -0.3 is 15.4 Å². The Balaban J connectivity index is 1.82. The van der Waals surface area contributed by atoms with Gasteiger partial charge in [-0.2, -0.15) is 0 Å². The maximum atomic E-state index is 11.9. The number of hydrogen-bond acceptors (Lipinski definition) is 4. The number of nitrogens with zero attached hydrogens (tertiary/aromatic N) is 1. The molecule has 0 radical (unpaired) electrons. The Morgan fingerprint density at radius 1 is 1.10 bits per heavy atom. The molecule has 0 aliphatic carbocycles. The molecule has 0 bridgehead atoms. The van der Waals surface area contributed by atoms with Crippen molar-refractivity contribution in [3.05, 3.63) is 24.3 Å². The topological polar surface area (TPSA) is 70.7 Å². The smallest absolute Gasteiger partial charge is 0.238 e. The van der Waals surface area contributed by atoms with Crippen LogP contribution in [0.5, 0.6) is 0 Å². The molecule has 1 saturated heterocycles. The highest BCUT2D eigenvalue weighted by molar-refractivity contribution is 5.93. The third-order valence-electron chi connectivity index (χ3n) is 2.96. The molecule has 0 saturated carbocycles. The normalized spacial score (nSPS) is 15.7. The maximum Gasteiger partial charge on any atom is 0.238 e. The summed E-state index contributed by atoms with van der Waals surface area (Å²) < 4.78 is 5.24. The van der Waals surface area contributed by atoms with Gasteiger partial charge >= 0.3 is 0 Å². The average molecular weight is 277 g/mol. The Kier molecular flexibility index (Phi) is 5.09. The van der Waals surface area contributed by atoms with Crippen LogP contribution in [-0.2, 0) is 14.3 Å². The molecule has 0 unspecified atom stereocenters. The zero-order valence-corrected chi connectivity index (χ0v) is 11.5. The highest BCUT2D eigenvalue weighted by Crippen LogP contribution is 2.13. The van der Waals surface area contributed by atoms with Crippen LogP contribution in [0.25, 0.3) is 0 Å². The van der Waals surface area contributed by atoms with E-state index < -0.39 is 0 Å². The van der Waals surface area contributed by atoms with Crippen LogP contribution in [-0.4, -0.2) is 49.6 Å². The lowest BCUT2D eigenvalue weighted by atomic mass is 10.2. The van der Waals surface area contributed by atoms with E-state index >= 15 is 0 Å². The second kappa shape index (κ2) is 7.02. The lowest BCUT2D eigenvalue weighted by molar-refractivity contribution is -0.118. The number of hydrogen-bond donors (Lipinski definition) is 2. The van der Waals surface area contributed by atoms with Crippen molar-refractivity contribution in [1.82, 2.24) is 4.90 Å². The molecule has 2 rings (SSSR count). The molecule has 0 aromatic heterocycles. The van der Waals surface area contributed by atoms with Crippen LogP contribution >= 0.6 is 0 Å². The largest absolute Gasteiger partial charge is 0.379 e. The number of carbonyl (C=O) groups is 2. The van der Waals surface area contributed by atoms with Gasteiger partial charge in [0.05, 0.1) is 19.8 Å². The number of rotatable bonds is 4. The Bertz CT molecular complexity index is 467. The molecular weight excluding hydrogens is 258 g/mol. The molecule has 6 nitrogen and oxygen atoms in total. The highest BCUT2D eigenvalue weighted by Gasteiger charge is 2.14. The number of carbonyl (C=O) groups excluding carboxylic acids is 2. The van der Waals surface area contributed by atoms with E-state index in [-0.39, 0.29) is 11.8 Å². The Labute approximate surface area is 118 Å². The molecule has 1 aromatic carbocycles. The summed E-state index contributed by atoms with van der Waals surface area (Å²) in [7, 11) is 0. The van der Waals surface area contributed by atoms with Crippen LogP contribution in [0.3, 0.4) is 0 Å². The summed E-state index contributed by atoms with van der Waals surface area (Å²) in [5.74, 6) is -0.159. The van der Waals surface area contributed by atoms with Crippen molar-refractivity contribution in [2.45, 2.75) is 6.92 Å². The van der Waals surface area contributed by atoms with Crippen molar-refractivity contribution in [3.63, 3.8) is 0 Å². The minimum absolute atomic E-state index is 0.0424. The Morgan fingerprint density at radius 3 is 2.20 bits per heavy atom. The van der Waals surface area contributed by atoms with Crippen molar-refractivity contribution in [2.24, 2.45) is 0 Å². The van der Waals surface area contributed by atoms with Crippen molar-refractivity contribution >= 4 is 23.2 Å². The standard InChI is InChI=1S/C14H19N3O3/c1-11(18)15-12-2-4-13(5-3-12)16-14(19)10-17-6-8-20-9-7-17/h2-5H,6-10H2,1H3,(H,15,18)(H,16,19). The average Bonchev–Trinajstić information content (AvgIpc) is 2.41. The van der Waals surface area contributed by atoms with Gasteiger partial charge in [0.2, 0.25) is 11.8 Å². The van der Waals surface area contributed by atoms with Crippen LogP contribution in [0.1, 0.15) is 6.92 Å². The van der Waals surface area contributed by atoms with Gasteiger partial charge in [-0.3, -0.25) is 14.5 Å². The minimum atomic E-state index is -0.117. The van der Waals surface area contributed by atoms with Gasteiger partial charge in [-0.25, -0.2) is 0 Å². The molecule has 108 valence electrons. The van der Waals surface area contributed by atoms with Crippen LogP contribution in [0, 0.1) is 0 Å². The number of nitrogens with one attached hydrogen (secondary N) is 2. The molecule has 1 aliphatic heterocycles. The number of ether oxygens (including phenoxy) is 1. The zero-order valence-electron chi connectivity index (χ0n) is 11.5. The highest BCUT2D eigenvalue weighted by atomic mass is 16.5. The van der Waals surface area contributed by atoms with E-state index in [1.165, 1.54) is 6.92 Å². The predicted molar refractivity (Wildman–Crippen MR) is 76.6 cm³/mol. The third kappa shape index (κ3) is 4.64. The third-order valence-corrected chi connectivity index (χ3v) is 2.96. The SMILES string of the molecule is CC(=O)Nc1ccc(NC(=O)CN2CCOCC2)cc1. The van der Waals surface area contributed by atoms with E-state index in [2.05, 4.69) is 15.5 Å². The summed E-state index contributed by atoms with van der Waals surface area (Å²) >= 11 is 0. The second-order valence-corrected chi connectivity index (χ2v) is 4.70. The quantitative estimate of drug-likeness (QED) is 0.858. The van der Waals surface area contributed by atoms with Gasteiger partial charge in [0.25, 0.3) is 0 Å². The molecular formula is C14H19N3O3. The fourth-order valence-electron chi connectivity index (χ4n) is 2.00. The van der Waals surface area contributed by atoms with Crippen LogP contribution in [0.15, 0.2) is 24.3 Å². The summed E-state index contributed by atoms with van der Waals surface area (Å²) in [4.78, 5) is 24.8. The minimum Gasteiger partial charge on any atom is -0.379 e. The zero-order chi connectivity index (χ0) is 14.4. The van der Waals surface area contributed by atoms with Crippen molar-refractivity contribution < 1.29 is 14.3 Å². The molecule has 2 amide bonds. The van der Waals surface area contributed by atoms with Crippen molar-refractivity contribution in [2.75, 3.05) is 43.5 Å². The first-order valence-electron chi connectivity index (χ1n) is 6.61. The molecule has 0 atom stereocenters. The summed E-state index contributed by atoms with van der Waals surface area (Å²) in [6.45, 7) is 4.76. The summed E-state index contributed by atoms with van der Waals surface area (Å²) in [5, 5.41) is 5.51. The first kappa shape index (κ1) is 14.5. The number of amides is 2. The molecule has 20 heavy (non-hydrogen) atoms. The van der Waals surface area contributed by atoms with Gasteiger partial charge in [0.15, 0.2) is 0 Å². The number of benzene rings is 1. The van der Waals surface area contributed by atoms with Crippen LogP contribution in [0.2, 0.25) is 0 Å². The lowest BCUT2D eigenvalue weighted by Gasteiger charge is -2.25. The number of morpholine rings is 1. The van der Waals surface area contributed by atoms with Gasteiger partial charge in [-0.15, -0.1) is 0 Å². The molecule has 1 aliphatic rings. The summed E-state index contributed by atoms with van der Waals surface area (Å²) in [5.41, 5.74) is 1.43. The first-order valence-corrected chi connectivity index (χ1v) is 6.61. The molecule has 1 fully saturated rings. The van der Waals surface area contributed by atoms with Gasteiger partial charge in [-0.1, -0.05) is 0 Å². The maximum absolute atomic E-state index is 11.9. The summed E-state index contributed by atoms with van der Waals surface area (Å²) in [6.07, 6.45) is 0. The summed E-state index contributed by atoms with van der Waals surface area (Å²) in [6, 6.07) is 7.04. The van der Waals surface area contributed by atoms with E-state index in [0.29, 0.717) is 25.4 Å². The van der Waals surface area contributed by atoms with E-state index in [1.807, 2.05) is 0 Å². The Hall–Kier alpha value is -1.92. The van der Waals surface area contributed by atoms with Gasteiger partial charge in [-0.05, 0) is 24.3 Å². The lowest BCUT2D eigenvalue weighted by Crippen LogP contribution is -2.41. The molecule has 6 heteroatoms. The molecule has 2 N–H and O–H groups in total. The fourth-order valence-corrected chi connectivity index (χ4v) is 2.00. The second-order valence-electron chi connectivity index (χ2n) is 4.70. The fraction of sp³-hybridized carbons (Fsp3) is 0.429. The molecule has 1 aromatic rings. The van der Waals surface area contributed by atoms with E-state index in [0.717, 1.165) is 18.8 Å². The predicted octanol–water partition coefficient (Wildman–Crippen LogP) is 0.916. The van der Waals surface area contributed by atoms with E-state index in [1.54, 1.807) is 24.3 Å². The van der Waals surface area contributed by atoms with E-state index in [4.69, 9.17) is 4.74 Å². The molecule has 0 spiro atoms. The molecule has 1 heterocycles. The van der Waals surface area contributed by atoms with E-state index in [9.17, 15) is 9.59 Å². The van der Waals surface area contributed by atoms with Crippen molar-refractivity contribution in [1.29, 1.82) is 0 Å². The monoisotopic (exact) mass is 277 g/mol.